The molecule has 6 heteroatoms. The molecule has 0 amide bonds. The number of benzene rings is 2. The fourth-order valence-electron chi connectivity index (χ4n) is 2.74. The molecule has 0 N–H and O–H groups in total. The van der Waals surface area contributed by atoms with E-state index in [4.69, 9.17) is 0 Å². The number of nitriles is 1. The van der Waals surface area contributed by atoms with Crippen molar-refractivity contribution in [3.8, 4) is 17.3 Å². The number of hydrogen-bond donors (Lipinski definition) is 0. The topological polar surface area (TPSA) is 75.3 Å². The summed E-state index contributed by atoms with van der Waals surface area (Å²) in [5, 5.41) is 18.5. The van der Waals surface area contributed by atoms with E-state index in [1.165, 1.54) is 6.07 Å². The third-order valence-corrected chi connectivity index (χ3v) is 3.83. The number of hydrogen-bond acceptors (Lipinski definition) is 5. The average Bonchev–Trinajstić information content (AvgIpc) is 3.01. The van der Waals surface area contributed by atoms with Gasteiger partial charge in [-0.2, -0.15) is 10.4 Å². The number of rotatable bonds is 1. The third kappa shape index (κ3) is 2.07. The Hall–Kier alpha value is -3.46. The van der Waals surface area contributed by atoms with Crippen LogP contribution >= 0.6 is 0 Å². The molecule has 0 fully saturated rings. The fourth-order valence-corrected chi connectivity index (χ4v) is 2.74. The Labute approximate surface area is 136 Å². The van der Waals surface area contributed by atoms with Crippen LogP contribution in [0.3, 0.4) is 0 Å². The summed E-state index contributed by atoms with van der Waals surface area (Å²) in [5.41, 5.74) is 2.88. The molecule has 4 rings (SSSR count). The Kier molecular flexibility index (Phi) is 3.14. The predicted molar refractivity (Wildman–Crippen MR) is 87.5 cm³/mol. The molecule has 2 heterocycles. The lowest BCUT2D eigenvalue weighted by Crippen LogP contribution is -1.90. The number of halogens is 1. The highest BCUT2D eigenvalue weighted by Crippen LogP contribution is 2.32. The maximum atomic E-state index is 14.3. The zero-order valence-electron chi connectivity index (χ0n) is 12.7. The number of aryl methyl sites for hydroxylation is 1. The molecule has 2 aromatic carbocycles. The summed E-state index contributed by atoms with van der Waals surface area (Å²) in [4.78, 5) is 8.97. The molecule has 0 aliphatic heterocycles. The molecule has 0 spiro atoms. The van der Waals surface area contributed by atoms with Gasteiger partial charge < -0.3 is 0 Å². The Bertz CT molecular complexity index is 1150. The summed E-state index contributed by atoms with van der Waals surface area (Å²) in [6, 6.07) is 10.2. The van der Waals surface area contributed by atoms with Crippen molar-refractivity contribution in [1.29, 1.82) is 5.26 Å². The quantitative estimate of drug-likeness (QED) is 0.537. The van der Waals surface area contributed by atoms with E-state index in [9.17, 15) is 9.65 Å². The molecule has 24 heavy (non-hydrogen) atoms. The Morgan fingerprint density at radius 2 is 1.92 bits per heavy atom. The minimum Gasteiger partial charge on any atom is -0.254 e. The molecule has 0 saturated heterocycles. The molecular weight excluding hydrogens is 305 g/mol. The van der Waals surface area contributed by atoms with E-state index in [2.05, 4.69) is 26.2 Å². The summed E-state index contributed by atoms with van der Waals surface area (Å²) in [7, 11) is 0. The van der Waals surface area contributed by atoms with Gasteiger partial charge in [0.25, 0.3) is 0 Å². The molecule has 2 aromatic heterocycles. The van der Waals surface area contributed by atoms with E-state index in [1.807, 2.05) is 0 Å². The molecule has 0 aliphatic carbocycles. The van der Waals surface area contributed by atoms with E-state index in [-0.39, 0.29) is 5.82 Å². The van der Waals surface area contributed by atoms with E-state index in [1.54, 1.807) is 43.6 Å². The predicted octanol–water partition coefficient (Wildman–Crippen LogP) is 3.56. The first-order valence-electron chi connectivity index (χ1n) is 7.26. The van der Waals surface area contributed by atoms with Crippen molar-refractivity contribution in [2.45, 2.75) is 6.92 Å². The largest absolute Gasteiger partial charge is 0.254 e. The van der Waals surface area contributed by atoms with Gasteiger partial charge in [-0.25, -0.2) is 4.39 Å². The first-order valence-corrected chi connectivity index (χ1v) is 7.26. The molecule has 5 nitrogen and oxygen atoms in total. The summed E-state index contributed by atoms with van der Waals surface area (Å²) in [6.07, 6.45) is 3.18. The Morgan fingerprint density at radius 1 is 1.08 bits per heavy atom. The summed E-state index contributed by atoms with van der Waals surface area (Å²) >= 11 is 0. The second-order valence-electron chi connectivity index (χ2n) is 5.38. The average molecular weight is 315 g/mol. The van der Waals surface area contributed by atoms with Crippen molar-refractivity contribution in [3.63, 3.8) is 0 Å². The van der Waals surface area contributed by atoms with Crippen molar-refractivity contribution < 1.29 is 4.39 Å². The smallest absolute Gasteiger partial charge is 0.132 e. The van der Waals surface area contributed by atoms with Crippen LogP contribution in [-0.2, 0) is 0 Å². The first-order chi connectivity index (χ1) is 11.7. The zero-order valence-corrected chi connectivity index (χ0v) is 12.7. The molecule has 0 bridgehead atoms. The lowest BCUT2D eigenvalue weighted by atomic mass is 10.0. The second kappa shape index (κ2) is 5.32. The number of nitrogens with zero attached hydrogens (tertiary/aromatic N) is 5. The van der Waals surface area contributed by atoms with Gasteiger partial charge in [0.2, 0.25) is 0 Å². The van der Waals surface area contributed by atoms with Gasteiger partial charge in [0, 0.05) is 22.5 Å². The number of aromatic nitrogens is 4. The van der Waals surface area contributed by atoms with Gasteiger partial charge in [0.1, 0.15) is 17.4 Å². The zero-order chi connectivity index (χ0) is 16.7. The molecule has 0 aliphatic rings. The lowest BCUT2D eigenvalue weighted by Gasteiger charge is -2.05. The Morgan fingerprint density at radius 3 is 2.71 bits per heavy atom. The summed E-state index contributed by atoms with van der Waals surface area (Å²) in [6.45, 7) is 1.79. The molecule has 0 atom stereocenters. The normalized spacial score (nSPS) is 10.9. The maximum absolute atomic E-state index is 14.3. The lowest BCUT2D eigenvalue weighted by molar-refractivity contribution is 0.631. The van der Waals surface area contributed by atoms with Crippen LogP contribution in [0.1, 0.15) is 11.3 Å². The highest BCUT2D eigenvalue weighted by Gasteiger charge is 2.16. The monoisotopic (exact) mass is 315 g/mol. The van der Waals surface area contributed by atoms with Gasteiger partial charge in [0.15, 0.2) is 0 Å². The van der Waals surface area contributed by atoms with Gasteiger partial charge in [-0.1, -0.05) is 12.1 Å². The molecule has 0 unspecified atom stereocenters. The molecule has 114 valence electrons. The van der Waals surface area contributed by atoms with Crippen LogP contribution in [0.25, 0.3) is 33.1 Å². The highest BCUT2D eigenvalue weighted by molar-refractivity contribution is 6.09. The van der Waals surface area contributed by atoms with E-state index < -0.39 is 0 Å². The fraction of sp³-hybridized carbons (Fsp3) is 0.0556. The van der Waals surface area contributed by atoms with Crippen LogP contribution in [0.2, 0.25) is 0 Å². The van der Waals surface area contributed by atoms with Crippen molar-refractivity contribution in [3.05, 3.63) is 59.8 Å². The van der Waals surface area contributed by atoms with Crippen molar-refractivity contribution in [2.75, 3.05) is 0 Å². The summed E-state index contributed by atoms with van der Waals surface area (Å²) in [5.74, 6) is -0.380. The maximum Gasteiger partial charge on any atom is 0.132 e. The van der Waals surface area contributed by atoms with Crippen molar-refractivity contribution in [1.82, 2.24) is 20.2 Å². The van der Waals surface area contributed by atoms with Crippen LogP contribution in [0.5, 0.6) is 0 Å². The molecule has 4 aromatic rings. The minimum atomic E-state index is -0.380. The molecule has 0 saturated carbocycles. The van der Waals surface area contributed by atoms with Gasteiger partial charge in [0.05, 0.1) is 28.7 Å². The molecular formula is C18H10FN5. The highest BCUT2D eigenvalue weighted by atomic mass is 19.1. The third-order valence-electron chi connectivity index (χ3n) is 3.83. The van der Waals surface area contributed by atoms with Crippen molar-refractivity contribution in [2.24, 2.45) is 0 Å². The SMILES string of the molecule is Cc1cnc2c(cc(C#N)c3nncc32)c(-c2ccccc2F)n1. The molecule has 0 radical (unpaired) electrons. The van der Waals surface area contributed by atoms with Crippen LogP contribution in [0.4, 0.5) is 4.39 Å². The van der Waals surface area contributed by atoms with E-state index in [0.29, 0.717) is 44.3 Å². The standard InChI is InChI=1S/C18H10FN5/c1-10-8-21-17-13(6-11(7-20)16-14(17)9-22-24-16)18(23-10)12-4-2-3-5-15(12)19/h2-6,8-9H,1H3. The van der Waals surface area contributed by atoms with E-state index >= 15 is 0 Å². The minimum absolute atomic E-state index is 0.360. The van der Waals surface area contributed by atoms with Crippen LogP contribution in [-0.4, -0.2) is 20.2 Å². The van der Waals surface area contributed by atoms with Gasteiger partial charge in [-0.15, -0.1) is 5.10 Å². The van der Waals surface area contributed by atoms with E-state index in [0.717, 1.165) is 0 Å². The van der Waals surface area contributed by atoms with Crippen LogP contribution < -0.4 is 0 Å². The second-order valence-corrected chi connectivity index (χ2v) is 5.38. The van der Waals surface area contributed by atoms with Crippen molar-refractivity contribution >= 4 is 21.8 Å². The van der Waals surface area contributed by atoms with Gasteiger partial charge in [-0.05, 0) is 25.1 Å². The van der Waals surface area contributed by atoms with Crippen LogP contribution in [0.15, 0.2) is 42.7 Å². The number of fused-ring (bicyclic) bond motifs is 3. The van der Waals surface area contributed by atoms with Gasteiger partial charge in [-0.3, -0.25) is 9.97 Å². The Balaban J connectivity index is 2.26. The van der Waals surface area contributed by atoms with Gasteiger partial charge >= 0.3 is 0 Å². The summed E-state index contributed by atoms with van der Waals surface area (Å²) < 4.78 is 14.3. The first kappa shape index (κ1) is 14.2. The van der Waals surface area contributed by atoms with Crippen LogP contribution in [0, 0.1) is 24.1 Å².